The molecule has 188 valence electrons. The van der Waals surface area contributed by atoms with Crippen LogP contribution >= 0.6 is 22.9 Å². The zero-order chi connectivity index (χ0) is 26.0. The molecule has 0 fully saturated rings. The van der Waals surface area contributed by atoms with Crippen molar-refractivity contribution >= 4 is 41.3 Å². The SMILES string of the molecule is C=N/C(=C\N(C)C)CCC(=O)NC[C@@H]1N=C(c2ccc(Cl)cc2)c2c(sc(C)c2C)-n2c(C)nnc21. The van der Waals surface area contributed by atoms with E-state index < -0.39 is 6.04 Å². The second-order valence-corrected chi connectivity index (χ2v) is 10.6. The van der Waals surface area contributed by atoms with Crippen LogP contribution in [0.5, 0.6) is 0 Å². The number of rotatable bonds is 8. The standard InChI is InChI=1S/C26H30ClN7OS/c1-15-16(2)36-26-23(15)24(18-7-9-19(27)10-8-18)30-21(25-32-31-17(3)34(25)26)13-29-22(35)12-11-20(28-4)14-33(5)6/h7-10,14,21H,4,11-13H2,1-3,5-6H3,(H,29,35)/b20-14-/t21-/m0/s1. The number of hydrogen-bond donors (Lipinski definition) is 1. The maximum Gasteiger partial charge on any atom is 0.220 e. The molecule has 0 bridgehead atoms. The largest absolute Gasteiger partial charge is 0.382 e. The fourth-order valence-electron chi connectivity index (χ4n) is 4.16. The molecule has 0 spiro atoms. The summed E-state index contributed by atoms with van der Waals surface area (Å²) >= 11 is 7.87. The molecule has 8 nitrogen and oxygen atoms in total. The molecule has 4 rings (SSSR count). The number of nitrogens with one attached hydrogen (secondary N) is 1. The van der Waals surface area contributed by atoms with E-state index in [-0.39, 0.29) is 5.91 Å². The average Bonchev–Trinajstić information content (AvgIpc) is 3.31. The molecule has 0 saturated carbocycles. The molecular formula is C26H30ClN7OS. The lowest BCUT2D eigenvalue weighted by Gasteiger charge is -2.14. The summed E-state index contributed by atoms with van der Waals surface area (Å²) in [5, 5.41) is 13.6. The van der Waals surface area contributed by atoms with Crippen LogP contribution in [0.15, 0.2) is 46.1 Å². The summed E-state index contributed by atoms with van der Waals surface area (Å²) in [7, 11) is 3.82. The quantitative estimate of drug-likeness (QED) is 0.430. The molecule has 0 radical (unpaired) electrons. The number of fused-ring (bicyclic) bond motifs is 3. The molecule has 3 aromatic rings. The number of aliphatic imine (C=N–C) groups is 2. The molecule has 36 heavy (non-hydrogen) atoms. The Morgan fingerprint density at radius 3 is 2.61 bits per heavy atom. The van der Waals surface area contributed by atoms with Crippen molar-refractivity contribution in [3.05, 3.63) is 74.4 Å². The summed E-state index contributed by atoms with van der Waals surface area (Å²) < 4.78 is 2.07. The molecular weight excluding hydrogens is 494 g/mol. The van der Waals surface area contributed by atoms with Crippen molar-refractivity contribution in [2.75, 3.05) is 20.6 Å². The van der Waals surface area contributed by atoms with Crippen molar-refractivity contribution in [1.82, 2.24) is 25.0 Å². The number of aryl methyl sites for hydroxylation is 2. The number of aromatic nitrogens is 3. The van der Waals surface area contributed by atoms with Crippen LogP contribution in [0, 0.1) is 20.8 Å². The van der Waals surface area contributed by atoms with Crippen LogP contribution in [0.3, 0.4) is 0 Å². The van der Waals surface area contributed by atoms with Gasteiger partial charge in [0.1, 0.15) is 16.9 Å². The van der Waals surface area contributed by atoms with Crippen molar-refractivity contribution in [1.29, 1.82) is 0 Å². The van der Waals surface area contributed by atoms with E-state index in [1.54, 1.807) is 11.3 Å². The Bertz CT molecular complexity index is 1350. The Balaban J connectivity index is 1.68. The molecule has 0 saturated heterocycles. The molecule has 0 aliphatic carbocycles. The van der Waals surface area contributed by atoms with E-state index in [2.05, 4.69) is 45.6 Å². The number of carbonyl (C=O) groups excluding carboxylic acids is 1. The minimum atomic E-state index is -0.408. The van der Waals surface area contributed by atoms with Crippen molar-refractivity contribution in [2.24, 2.45) is 9.98 Å². The van der Waals surface area contributed by atoms with Gasteiger partial charge in [0, 0.05) is 54.3 Å². The maximum absolute atomic E-state index is 12.7. The fraction of sp³-hybridized carbons (Fsp3) is 0.346. The van der Waals surface area contributed by atoms with Crippen LogP contribution in [0.1, 0.15) is 52.1 Å². The average molecular weight is 524 g/mol. The van der Waals surface area contributed by atoms with Gasteiger partial charge in [0.15, 0.2) is 5.82 Å². The fourth-order valence-corrected chi connectivity index (χ4v) is 5.50. The lowest BCUT2D eigenvalue weighted by Crippen LogP contribution is -2.29. The summed E-state index contributed by atoms with van der Waals surface area (Å²) in [5.41, 5.74) is 4.82. The van der Waals surface area contributed by atoms with Gasteiger partial charge in [-0.1, -0.05) is 23.7 Å². The number of hydrogen-bond acceptors (Lipinski definition) is 7. The number of benzene rings is 1. The molecule has 10 heteroatoms. The maximum atomic E-state index is 12.7. The van der Waals surface area contributed by atoms with Crippen LogP contribution in [0.25, 0.3) is 5.00 Å². The summed E-state index contributed by atoms with van der Waals surface area (Å²) in [6, 6.07) is 7.29. The van der Waals surface area contributed by atoms with E-state index in [0.29, 0.717) is 30.2 Å². The van der Waals surface area contributed by atoms with Gasteiger partial charge in [-0.3, -0.25) is 19.3 Å². The van der Waals surface area contributed by atoms with Gasteiger partial charge in [0.25, 0.3) is 0 Å². The first-order valence-corrected chi connectivity index (χ1v) is 12.9. The smallest absolute Gasteiger partial charge is 0.220 e. The summed E-state index contributed by atoms with van der Waals surface area (Å²) in [4.78, 5) is 25.0. The Morgan fingerprint density at radius 2 is 1.94 bits per heavy atom. The number of carbonyl (C=O) groups is 1. The summed E-state index contributed by atoms with van der Waals surface area (Å²) in [6.07, 6.45) is 2.67. The summed E-state index contributed by atoms with van der Waals surface area (Å²) in [6.45, 7) is 10.1. The van der Waals surface area contributed by atoms with Crippen molar-refractivity contribution < 1.29 is 4.79 Å². The molecule has 1 amide bonds. The predicted molar refractivity (Wildman–Crippen MR) is 147 cm³/mol. The Morgan fingerprint density at radius 1 is 1.22 bits per heavy atom. The van der Waals surface area contributed by atoms with Gasteiger partial charge < -0.3 is 10.2 Å². The van der Waals surface area contributed by atoms with Crippen molar-refractivity contribution in [2.45, 2.75) is 39.7 Å². The van der Waals surface area contributed by atoms with Crippen LogP contribution in [-0.2, 0) is 4.79 Å². The first-order chi connectivity index (χ1) is 17.2. The van der Waals surface area contributed by atoms with Gasteiger partial charge in [0.05, 0.1) is 11.4 Å². The minimum absolute atomic E-state index is 0.0830. The zero-order valence-electron chi connectivity index (χ0n) is 21.2. The van der Waals surface area contributed by atoms with E-state index >= 15 is 0 Å². The molecule has 3 heterocycles. The number of amides is 1. The Hall–Kier alpha value is -3.30. The van der Waals surface area contributed by atoms with Crippen LogP contribution in [0.4, 0.5) is 0 Å². The van der Waals surface area contributed by atoms with Crippen LogP contribution in [-0.4, -0.2) is 58.6 Å². The number of allylic oxidation sites excluding steroid dienone is 1. The highest BCUT2D eigenvalue weighted by molar-refractivity contribution is 7.15. The van der Waals surface area contributed by atoms with Crippen molar-refractivity contribution in [3.8, 4) is 5.00 Å². The second kappa shape index (κ2) is 10.8. The monoisotopic (exact) mass is 523 g/mol. The third kappa shape index (κ3) is 5.27. The highest BCUT2D eigenvalue weighted by Gasteiger charge is 2.31. The first kappa shape index (κ1) is 25.8. The van der Waals surface area contributed by atoms with Crippen LogP contribution < -0.4 is 5.32 Å². The Labute approximate surface area is 220 Å². The van der Waals surface area contributed by atoms with Crippen LogP contribution in [0.2, 0.25) is 5.02 Å². The molecule has 1 aliphatic rings. The lowest BCUT2D eigenvalue weighted by atomic mass is 10.00. The normalized spacial score (nSPS) is 15.0. The third-order valence-electron chi connectivity index (χ3n) is 6.07. The molecule has 1 aromatic carbocycles. The van der Waals surface area contributed by atoms with E-state index in [1.807, 2.05) is 56.4 Å². The number of halogens is 1. The molecule has 1 aliphatic heterocycles. The van der Waals surface area contributed by atoms with Gasteiger partial charge in [-0.05, 0) is 51.6 Å². The Kier molecular flexibility index (Phi) is 7.70. The molecule has 0 unspecified atom stereocenters. The molecule has 1 atom stereocenters. The zero-order valence-corrected chi connectivity index (χ0v) is 22.7. The molecule has 1 N–H and O–H groups in total. The van der Waals surface area contributed by atoms with E-state index in [4.69, 9.17) is 16.6 Å². The second-order valence-electron chi connectivity index (χ2n) is 8.95. The van der Waals surface area contributed by atoms with Gasteiger partial charge in [-0.25, -0.2) is 0 Å². The van der Waals surface area contributed by atoms with E-state index in [9.17, 15) is 4.79 Å². The van der Waals surface area contributed by atoms with Gasteiger partial charge in [-0.2, -0.15) is 0 Å². The summed E-state index contributed by atoms with van der Waals surface area (Å²) in [5.74, 6) is 1.41. The van der Waals surface area contributed by atoms with Gasteiger partial charge >= 0.3 is 0 Å². The van der Waals surface area contributed by atoms with Crippen molar-refractivity contribution in [3.63, 3.8) is 0 Å². The first-order valence-electron chi connectivity index (χ1n) is 11.7. The molecule has 2 aromatic heterocycles. The number of thiophene rings is 1. The predicted octanol–water partition coefficient (Wildman–Crippen LogP) is 4.80. The third-order valence-corrected chi connectivity index (χ3v) is 7.51. The highest BCUT2D eigenvalue weighted by atomic mass is 35.5. The van der Waals surface area contributed by atoms with Gasteiger partial charge in [-0.15, -0.1) is 21.5 Å². The highest BCUT2D eigenvalue weighted by Crippen LogP contribution is 2.38. The van der Waals surface area contributed by atoms with Gasteiger partial charge in [0.2, 0.25) is 5.91 Å². The van der Waals surface area contributed by atoms with E-state index in [1.165, 1.54) is 10.4 Å². The lowest BCUT2D eigenvalue weighted by molar-refractivity contribution is -0.121. The number of nitrogens with zero attached hydrogens (tertiary/aromatic N) is 6. The minimum Gasteiger partial charge on any atom is -0.382 e. The topological polar surface area (TPSA) is 87.8 Å². The van der Waals surface area contributed by atoms with E-state index in [0.717, 1.165) is 33.4 Å².